The van der Waals surface area contributed by atoms with E-state index in [1.165, 1.54) is 6.20 Å². The molecule has 104 valence electrons. The van der Waals surface area contributed by atoms with Gasteiger partial charge in [0.15, 0.2) is 0 Å². The number of aromatic nitrogens is 2. The number of anilines is 1. The molecule has 1 fully saturated rings. The minimum Gasteiger partial charge on any atom is -0.462 e. The topological polar surface area (TPSA) is 76.1 Å². The Morgan fingerprint density at radius 1 is 1.53 bits per heavy atom. The summed E-state index contributed by atoms with van der Waals surface area (Å²) in [6.07, 6.45) is 3.65. The fraction of sp³-hybridized carbons (Fsp3) is 0.615. The van der Waals surface area contributed by atoms with E-state index in [2.05, 4.69) is 20.6 Å². The predicted molar refractivity (Wildman–Crippen MR) is 72.2 cm³/mol. The maximum absolute atomic E-state index is 11.6. The van der Waals surface area contributed by atoms with Crippen LogP contribution >= 0.6 is 0 Å². The lowest BCUT2D eigenvalue weighted by Gasteiger charge is -2.23. The van der Waals surface area contributed by atoms with Crippen molar-refractivity contribution in [1.82, 2.24) is 15.3 Å². The highest BCUT2D eigenvalue weighted by molar-refractivity contribution is 5.90. The van der Waals surface area contributed by atoms with Crippen molar-refractivity contribution in [2.75, 3.05) is 25.0 Å². The van der Waals surface area contributed by atoms with Gasteiger partial charge in [-0.15, -0.1) is 0 Å². The average molecular weight is 264 g/mol. The first-order valence-corrected chi connectivity index (χ1v) is 6.68. The van der Waals surface area contributed by atoms with Crippen LogP contribution in [-0.2, 0) is 4.74 Å². The van der Waals surface area contributed by atoms with Gasteiger partial charge >= 0.3 is 5.97 Å². The fourth-order valence-corrected chi connectivity index (χ4v) is 2.09. The molecular formula is C13H20N4O2. The smallest absolute Gasteiger partial charge is 0.341 e. The molecule has 1 aliphatic rings. The molecule has 2 rings (SSSR count). The van der Waals surface area contributed by atoms with Crippen molar-refractivity contribution < 1.29 is 9.53 Å². The predicted octanol–water partition coefficient (Wildman–Crippen LogP) is 1.13. The first-order valence-electron chi connectivity index (χ1n) is 6.68. The van der Waals surface area contributed by atoms with Crippen LogP contribution < -0.4 is 10.6 Å². The molecule has 2 N–H and O–H groups in total. The quantitative estimate of drug-likeness (QED) is 0.794. The molecule has 1 aromatic heterocycles. The van der Waals surface area contributed by atoms with Crippen molar-refractivity contribution in [2.45, 2.75) is 32.7 Å². The Balaban J connectivity index is 2.03. The summed E-state index contributed by atoms with van der Waals surface area (Å²) in [6, 6.07) is 0.397. The van der Waals surface area contributed by atoms with Gasteiger partial charge < -0.3 is 15.4 Å². The molecule has 1 aromatic rings. The number of ether oxygens (including phenoxy) is 1. The SMILES string of the molecule is CCOC(=O)c1cnc(NC2CCNCC2)nc1C. The summed E-state index contributed by atoms with van der Waals surface area (Å²) < 4.78 is 4.95. The van der Waals surface area contributed by atoms with E-state index in [9.17, 15) is 4.79 Å². The zero-order valence-electron chi connectivity index (χ0n) is 11.4. The van der Waals surface area contributed by atoms with Crippen LogP contribution in [0.2, 0.25) is 0 Å². The molecule has 1 aliphatic heterocycles. The molecule has 0 spiro atoms. The summed E-state index contributed by atoms with van der Waals surface area (Å²) in [5, 5.41) is 6.61. The lowest BCUT2D eigenvalue weighted by molar-refractivity contribution is 0.0524. The van der Waals surface area contributed by atoms with Gasteiger partial charge in [0.2, 0.25) is 5.95 Å². The molecule has 0 aliphatic carbocycles. The van der Waals surface area contributed by atoms with Crippen LogP contribution in [0, 0.1) is 6.92 Å². The van der Waals surface area contributed by atoms with E-state index in [0.717, 1.165) is 25.9 Å². The Morgan fingerprint density at radius 3 is 2.89 bits per heavy atom. The molecule has 0 saturated carbocycles. The van der Waals surface area contributed by atoms with Crippen molar-refractivity contribution in [3.63, 3.8) is 0 Å². The maximum atomic E-state index is 11.6. The zero-order chi connectivity index (χ0) is 13.7. The molecule has 0 unspecified atom stereocenters. The molecule has 0 bridgehead atoms. The third kappa shape index (κ3) is 3.64. The number of carbonyl (C=O) groups is 1. The highest BCUT2D eigenvalue weighted by Gasteiger charge is 2.16. The molecule has 6 heteroatoms. The number of nitrogens with one attached hydrogen (secondary N) is 2. The summed E-state index contributed by atoms with van der Waals surface area (Å²) in [7, 11) is 0. The van der Waals surface area contributed by atoms with E-state index in [1.807, 2.05) is 0 Å². The van der Waals surface area contributed by atoms with Gasteiger partial charge in [-0.1, -0.05) is 0 Å². The maximum Gasteiger partial charge on any atom is 0.341 e. The number of hydrogen-bond donors (Lipinski definition) is 2. The number of piperidine rings is 1. The summed E-state index contributed by atoms with van der Waals surface area (Å²) in [5.41, 5.74) is 1.07. The van der Waals surface area contributed by atoms with Gasteiger partial charge in [0.25, 0.3) is 0 Å². The van der Waals surface area contributed by atoms with Crippen LogP contribution in [0.5, 0.6) is 0 Å². The first-order chi connectivity index (χ1) is 9.20. The number of carbonyl (C=O) groups excluding carboxylic acids is 1. The van der Waals surface area contributed by atoms with Crippen LogP contribution in [0.4, 0.5) is 5.95 Å². The minimum absolute atomic E-state index is 0.355. The Kier molecular flexibility index (Phi) is 4.68. The van der Waals surface area contributed by atoms with E-state index >= 15 is 0 Å². The van der Waals surface area contributed by atoms with E-state index < -0.39 is 0 Å². The highest BCUT2D eigenvalue weighted by Crippen LogP contribution is 2.12. The molecule has 1 saturated heterocycles. The lowest BCUT2D eigenvalue weighted by Crippen LogP contribution is -2.35. The van der Waals surface area contributed by atoms with E-state index in [0.29, 0.717) is 29.9 Å². The summed E-state index contributed by atoms with van der Waals surface area (Å²) in [5.74, 6) is 0.214. The van der Waals surface area contributed by atoms with E-state index in [4.69, 9.17) is 4.74 Å². The largest absolute Gasteiger partial charge is 0.462 e. The monoisotopic (exact) mass is 264 g/mol. The Hall–Kier alpha value is -1.69. The van der Waals surface area contributed by atoms with Crippen molar-refractivity contribution >= 4 is 11.9 Å². The second-order valence-corrected chi connectivity index (χ2v) is 4.58. The Bertz CT molecular complexity index is 444. The van der Waals surface area contributed by atoms with E-state index in [-0.39, 0.29) is 5.97 Å². The highest BCUT2D eigenvalue weighted by atomic mass is 16.5. The number of hydrogen-bond acceptors (Lipinski definition) is 6. The number of aryl methyl sites for hydroxylation is 1. The average Bonchev–Trinajstić information content (AvgIpc) is 2.40. The summed E-state index contributed by atoms with van der Waals surface area (Å²) in [4.78, 5) is 20.2. The standard InChI is InChI=1S/C13H20N4O2/c1-3-19-12(18)11-8-15-13(16-9(11)2)17-10-4-6-14-7-5-10/h8,10,14H,3-7H2,1-2H3,(H,15,16,17). The molecule has 6 nitrogen and oxygen atoms in total. The van der Waals surface area contributed by atoms with Gasteiger partial charge in [-0.3, -0.25) is 0 Å². The van der Waals surface area contributed by atoms with Crippen molar-refractivity contribution in [3.05, 3.63) is 17.5 Å². The van der Waals surface area contributed by atoms with Crippen LogP contribution in [0.15, 0.2) is 6.20 Å². The van der Waals surface area contributed by atoms with Gasteiger partial charge in [-0.25, -0.2) is 14.8 Å². The van der Waals surface area contributed by atoms with Gasteiger partial charge in [-0.05, 0) is 39.8 Å². The number of rotatable bonds is 4. The van der Waals surface area contributed by atoms with Crippen LogP contribution in [0.25, 0.3) is 0 Å². The molecule has 2 heterocycles. The van der Waals surface area contributed by atoms with Gasteiger partial charge in [0.1, 0.15) is 0 Å². The molecule has 0 radical (unpaired) electrons. The van der Waals surface area contributed by atoms with Crippen LogP contribution in [0.1, 0.15) is 35.8 Å². The van der Waals surface area contributed by atoms with Crippen LogP contribution in [-0.4, -0.2) is 41.7 Å². The Morgan fingerprint density at radius 2 is 2.26 bits per heavy atom. The fourth-order valence-electron chi connectivity index (χ4n) is 2.09. The van der Waals surface area contributed by atoms with Crippen LogP contribution in [0.3, 0.4) is 0 Å². The first kappa shape index (κ1) is 13.7. The third-order valence-electron chi connectivity index (χ3n) is 3.15. The molecule has 0 atom stereocenters. The van der Waals surface area contributed by atoms with Crippen molar-refractivity contribution in [1.29, 1.82) is 0 Å². The molecular weight excluding hydrogens is 244 g/mol. The third-order valence-corrected chi connectivity index (χ3v) is 3.15. The Labute approximate surface area is 113 Å². The molecule has 19 heavy (non-hydrogen) atoms. The van der Waals surface area contributed by atoms with Gasteiger partial charge in [0, 0.05) is 12.2 Å². The lowest BCUT2D eigenvalue weighted by atomic mass is 10.1. The molecule has 0 aromatic carbocycles. The summed E-state index contributed by atoms with van der Waals surface area (Å²) >= 11 is 0. The minimum atomic E-state index is -0.367. The van der Waals surface area contributed by atoms with E-state index in [1.54, 1.807) is 13.8 Å². The number of nitrogens with zero attached hydrogens (tertiary/aromatic N) is 2. The number of esters is 1. The second kappa shape index (κ2) is 6.47. The van der Waals surface area contributed by atoms with Crippen molar-refractivity contribution in [3.8, 4) is 0 Å². The molecule has 0 amide bonds. The van der Waals surface area contributed by atoms with Crippen molar-refractivity contribution in [2.24, 2.45) is 0 Å². The zero-order valence-corrected chi connectivity index (χ0v) is 11.4. The second-order valence-electron chi connectivity index (χ2n) is 4.58. The normalized spacial score (nSPS) is 16.1. The van der Waals surface area contributed by atoms with Gasteiger partial charge in [0.05, 0.1) is 17.9 Å². The summed E-state index contributed by atoms with van der Waals surface area (Å²) in [6.45, 7) is 5.95. The van der Waals surface area contributed by atoms with Gasteiger partial charge in [-0.2, -0.15) is 0 Å².